The maximum atomic E-state index is 11.5. The van der Waals surface area contributed by atoms with E-state index in [2.05, 4.69) is 13.8 Å². The second-order valence-electron chi connectivity index (χ2n) is 13.3. The van der Waals surface area contributed by atoms with Gasteiger partial charge in [0.25, 0.3) is 0 Å². The van der Waals surface area contributed by atoms with Gasteiger partial charge in [-0.05, 0) is 25.7 Å². The first-order valence-electron chi connectivity index (χ1n) is 18.8. The van der Waals surface area contributed by atoms with E-state index < -0.39 is 17.5 Å². The van der Waals surface area contributed by atoms with Crippen LogP contribution in [-0.2, 0) is 9.59 Å². The maximum absolute atomic E-state index is 11.5. The number of carbonyl (C=O) groups is 2. The zero-order chi connectivity index (χ0) is 31.9. The van der Waals surface area contributed by atoms with Crippen LogP contribution in [0.2, 0.25) is 0 Å². The maximum Gasteiger partial charge on any atom is 0.326 e. The Morgan fingerprint density at radius 2 is 0.860 bits per heavy atom. The summed E-state index contributed by atoms with van der Waals surface area (Å²) in [4.78, 5) is 21.8. The highest BCUT2D eigenvalue weighted by atomic mass is 16.5. The number of carboxylic acids is 2. The largest absolute Gasteiger partial charge is 0.481 e. The third-order valence-electron chi connectivity index (χ3n) is 9.29. The van der Waals surface area contributed by atoms with E-state index in [1.807, 2.05) is 0 Å². The first-order chi connectivity index (χ1) is 20.9. The molecule has 0 spiro atoms. The lowest BCUT2D eigenvalue weighted by atomic mass is 9.90. The molecule has 256 valence electrons. The fraction of sp³-hybridized carbons (Fsp3) is 0.946. The first kappa shape index (κ1) is 41.9. The highest BCUT2D eigenvalue weighted by Crippen LogP contribution is 2.33. The van der Waals surface area contributed by atoms with Gasteiger partial charge >= 0.3 is 11.9 Å². The molecule has 1 unspecified atom stereocenters. The molecule has 0 saturated carbocycles. The van der Waals surface area contributed by atoms with Gasteiger partial charge < -0.3 is 15.4 Å². The molecule has 1 aliphatic heterocycles. The van der Waals surface area contributed by atoms with Gasteiger partial charge in [0.05, 0.1) is 0 Å². The Kier molecular flexibility index (Phi) is 30.0. The summed E-state index contributed by atoms with van der Waals surface area (Å²) < 4.78 is 0. The van der Waals surface area contributed by atoms with Crippen LogP contribution < -0.4 is 0 Å². The average molecular weight is 612 g/mol. The number of carboxylic acid groups (broad SMARTS) is 2. The lowest BCUT2D eigenvalue weighted by Crippen LogP contribution is -2.48. The average Bonchev–Trinajstić information content (AvgIpc) is 3.37. The van der Waals surface area contributed by atoms with Crippen LogP contribution in [0, 0.1) is 0 Å². The van der Waals surface area contributed by atoms with Gasteiger partial charge in [0.15, 0.2) is 0 Å². The lowest BCUT2D eigenvalue weighted by molar-refractivity contribution is -0.186. The zero-order valence-electron chi connectivity index (χ0n) is 28.7. The highest BCUT2D eigenvalue weighted by Gasteiger charge is 2.46. The van der Waals surface area contributed by atoms with Gasteiger partial charge in [-0.25, -0.2) is 0 Å². The fourth-order valence-electron chi connectivity index (χ4n) is 6.35. The number of nitrogens with zero attached hydrogens (tertiary/aromatic N) is 1. The SMILES string of the molecule is CCCCCCCCCCCCCCCC(=O)O.CCCCCCCCCCCCCCCCC1(C(=O)O)CCCN1O. The van der Waals surface area contributed by atoms with Crippen molar-refractivity contribution in [2.75, 3.05) is 6.54 Å². The van der Waals surface area contributed by atoms with Crippen LogP contribution in [0.15, 0.2) is 0 Å². The molecule has 1 saturated heterocycles. The molecule has 6 heteroatoms. The molecule has 0 radical (unpaired) electrons. The van der Waals surface area contributed by atoms with Crippen molar-refractivity contribution in [3.05, 3.63) is 0 Å². The molecule has 1 fully saturated rings. The number of hydrogen-bond donors (Lipinski definition) is 3. The van der Waals surface area contributed by atoms with Gasteiger partial charge in [-0.1, -0.05) is 181 Å². The summed E-state index contributed by atoms with van der Waals surface area (Å²) in [5.74, 6) is -1.51. The van der Waals surface area contributed by atoms with Gasteiger partial charge in [-0.15, -0.1) is 0 Å². The number of unbranched alkanes of at least 4 members (excludes halogenated alkanes) is 25. The molecule has 6 nitrogen and oxygen atoms in total. The molecule has 1 atom stereocenters. The second kappa shape index (κ2) is 30.9. The summed E-state index contributed by atoms with van der Waals surface area (Å²) in [7, 11) is 0. The third kappa shape index (κ3) is 24.8. The van der Waals surface area contributed by atoms with Crippen molar-refractivity contribution in [1.29, 1.82) is 0 Å². The van der Waals surface area contributed by atoms with Gasteiger partial charge in [0.1, 0.15) is 5.54 Å². The number of hydroxylamine groups is 2. The minimum absolute atomic E-state index is 0.345. The summed E-state index contributed by atoms with van der Waals surface area (Å²) in [6, 6.07) is 0. The molecule has 1 aliphatic rings. The normalized spacial score (nSPS) is 16.7. The van der Waals surface area contributed by atoms with Gasteiger partial charge in [-0.3, -0.25) is 9.59 Å². The Labute approximate surface area is 266 Å². The first-order valence-corrected chi connectivity index (χ1v) is 18.8. The van der Waals surface area contributed by atoms with Crippen molar-refractivity contribution >= 4 is 11.9 Å². The Morgan fingerprint density at radius 3 is 1.14 bits per heavy atom. The predicted octanol–water partition coefficient (Wildman–Crippen LogP) is 11.7. The van der Waals surface area contributed by atoms with Crippen LogP contribution in [0.1, 0.15) is 213 Å². The Morgan fingerprint density at radius 1 is 0.535 bits per heavy atom. The van der Waals surface area contributed by atoms with E-state index in [1.165, 1.54) is 148 Å². The van der Waals surface area contributed by atoms with Crippen molar-refractivity contribution < 1.29 is 25.0 Å². The predicted molar refractivity (Wildman–Crippen MR) is 181 cm³/mol. The minimum Gasteiger partial charge on any atom is -0.481 e. The summed E-state index contributed by atoms with van der Waals surface area (Å²) in [6.45, 7) is 5.02. The zero-order valence-corrected chi connectivity index (χ0v) is 28.7. The Bertz CT molecular complexity index is 628. The molecule has 0 aromatic heterocycles. The quantitative estimate of drug-likeness (QED) is 0.0699. The number of aliphatic carboxylic acids is 2. The molecule has 0 aliphatic carbocycles. The molecular formula is C37H73NO5. The molecular weight excluding hydrogens is 538 g/mol. The topological polar surface area (TPSA) is 98.1 Å². The van der Waals surface area contributed by atoms with Crippen molar-refractivity contribution in [1.82, 2.24) is 5.06 Å². The minimum atomic E-state index is -1.00. The van der Waals surface area contributed by atoms with E-state index in [0.717, 1.165) is 37.2 Å². The van der Waals surface area contributed by atoms with E-state index in [-0.39, 0.29) is 0 Å². The van der Waals surface area contributed by atoms with Gasteiger partial charge in [0, 0.05) is 13.0 Å². The van der Waals surface area contributed by atoms with Gasteiger partial charge in [0.2, 0.25) is 0 Å². The molecule has 0 aromatic rings. The van der Waals surface area contributed by atoms with E-state index in [4.69, 9.17) is 5.11 Å². The second-order valence-corrected chi connectivity index (χ2v) is 13.3. The van der Waals surface area contributed by atoms with Gasteiger partial charge in [-0.2, -0.15) is 5.06 Å². The summed E-state index contributed by atoms with van der Waals surface area (Å²) in [5.41, 5.74) is -1.00. The van der Waals surface area contributed by atoms with Crippen molar-refractivity contribution in [2.24, 2.45) is 0 Å². The molecule has 0 amide bonds. The number of hydrogen-bond acceptors (Lipinski definition) is 4. The molecule has 0 bridgehead atoms. The van der Waals surface area contributed by atoms with Crippen LogP contribution in [-0.4, -0.2) is 44.5 Å². The third-order valence-corrected chi connectivity index (χ3v) is 9.29. The van der Waals surface area contributed by atoms with E-state index in [0.29, 0.717) is 25.8 Å². The Hall–Kier alpha value is -1.14. The van der Waals surface area contributed by atoms with Crippen LogP contribution in [0.4, 0.5) is 0 Å². The molecule has 3 N–H and O–H groups in total. The van der Waals surface area contributed by atoms with E-state index in [1.54, 1.807) is 0 Å². The van der Waals surface area contributed by atoms with Crippen molar-refractivity contribution in [3.63, 3.8) is 0 Å². The Balaban J connectivity index is 0.000000869. The van der Waals surface area contributed by atoms with Crippen molar-refractivity contribution in [3.8, 4) is 0 Å². The molecule has 1 rings (SSSR count). The smallest absolute Gasteiger partial charge is 0.326 e. The molecule has 0 aromatic carbocycles. The lowest BCUT2D eigenvalue weighted by Gasteiger charge is -2.29. The van der Waals surface area contributed by atoms with E-state index in [9.17, 15) is 19.9 Å². The van der Waals surface area contributed by atoms with E-state index >= 15 is 0 Å². The summed E-state index contributed by atoms with van der Waals surface area (Å²) in [6.07, 6.45) is 37.4. The summed E-state index contributed by atoms with van der Waals surface area (Å²) >= 11 is 0. The summed E-state index contributed by atoms with van der Waals surface area (Å²) in [5, 5.41) is 28.9. The number of rotatable bonds is 30. The van der Waals surface area contributed by atoms with Crippen LogP contribution in [0.25, 0.3) is 0 Å². The van der Waals surface area contributed by atoms with Crippen LogP contribution >= 0.6 is 0 Å². The fourth-order valence-corrected chi connectivity index (χ4v) is 6.35. The monoisotopic (exact) mass is 612 g/mol. The van der Waals surface area contributed by atoms with Crippen LogP contribution in [0.5, 0.6) is 0 Å². The molecule has 43 heavy (non-hydrogen) atoms. The van der Waals surface area contributed by atoms with Crippen molar-refractivity contribution in [2.45, 2.75) is 218 Å². The van der Waals surface area contributed by atoms with Crippen LogP contribution in [0.3, 0.4) is 0 Å². The highest BCUT2D eigenvalue weighted by molar-refractivity contribution is 5.78. The molecule has 1 heterocycles. The standard InChI is InChI=1S/C21H41NO3.C16H32O2/c1-2-3-4-5-6-7-8-9-10-11-12-13-14-15-17-21(20(23)24)18-16-19-22(21)25;1-2-3-4-5-6-7-8-9-10-11-12-13-14-15-16(17)18/h25H,2-19H2,1H3,(H,23,24);2-15H2,1H3,(H,17,18).